The van der Waals surface area contributed by atoms with Gasteiger partial charge in [-0.25, -0.2) is 0 Å². The Balaban J connectivity index is 2.10. The van der Waals surface area contributed by atoms with Crippen molar-refractivity contribution in [1.82, 2.24) is 5.32 Å². The van der Waals surface area contributed by atoms with Crippen LogP contribution < -0.4 is 22.5 Å². The van der Waals surface area contributed by atoms with Crippen molar-refractivity contribution in [3.8, 4) is 0 Å². The van der Waals surface area contributed by atoms with Crippen molar-refractivity contribution in [3.05, 3.63) is 108 Å². The largest absolute Gasteiger partial charge is 0.330 e. The molecule has 0 saturated carbocycles. The van der Waals surface area contributed by atoms with E-state index in [1.807, 2.05) is 0 Å². The van der Waals surface area contributed by atoms with E-state index in [-0.39, 0.29) is 29.8 Å². The Labute approximate surface area is 218 Å². The smallest absolute Gasteiger partial charge is 0.0501 e. The van der Waals surface area contributed by atoms with Crippen molar-refractivity contribution in [3.63, 3.8) is 0 Å². The predicted molar refractivity (Wildman–Crippen MR) is 154 cm³/mol. The molecule has 0 heterocycles. The second kappa shape index (κ2) is 13.2. The first-order chi connectivity index (χ1) is 17.3. The molecule has 0 fully saturated rings. The molecule has 0 aliphatic rings. The molecule has 5 unspecified atom stereocenters. The van der Waals surface area contributed by atoms with E-state index in [0.717, 1.165) is 13.0 Å². The third kappa shape index (κ3) is 6.63. The standard InChI is InChI=1S/C32H46N4/c1-23(2)30(34)32(20-24(3)21-33,36-22-25(4)26-14-8-5-9-15-26)31(35)29(27-16-10-6-11-17-27)28-18-12-7-13-19-28/h5-19,23-25,29-31,36H,20-22,33-35H2,1-4H3. The summed E-state index contributed by atoms with van der Waals surface area (Å²) in [5.74, 6) is 0.819. The van der Waals surface area contributed by atoms with Gasteiger partial charge in [-0.3, -0.25) is 0 Å². The highest BCUT2D eigenvalue weighted by molar-refractivity contribution is 5.36. The zero-order valence-electron chi connectivity index (χ0n) is 22.5. The van der Waals surface area contributed by atoms with Crippen LogP contribution in [0.25, 0.3) is 0 Å². The van der Waals surface area contributed by atoms with E-state index < -0.39 is 5.54 Å². The number of hydrogen-bond donors (Lipinski definition) is 4. The van der Waals surface area contributed by atoms with Gasteiger partial charge in [0.1, 0.15) is 0 Å². The van der Waals surface area contributed by atoms with Crippen LogP contribution in [0.1, 0.15) is 62.6 Å². The van der Waals surface area contributed by atoms with E-state index in [2.05, 4.69) is 124 Å². The lowest BCUT2D eigenvalue weighted by molar-refractivity contribution is 0.139. The van der Waals surface area contributed by atoms with Gasteiger partial charge in [0, 0.05) is 24.5 Å². The highest BCUT2D eigenvalue weighted by Crippen LogP contribution is 2.38. The monoisotopic (exact) mass is 486 g/mol. The van der Waals surface area contributed by atoms with Crippen LogP contribution in [0.2, 0.25) is 0 Å². The lowest BCUT2D eigenvalue weighted by Crippen LogP contribution is -2.71. The molecule has 5 atom stereocenters. The Morgan fingerprint density at radius 2 is 1.11 bits per heavy atom. The van der Waals surface area contributed by atoms with Gasteiger partial charge in [0.2, 0.25) is 0 Å². The summed E-state index contributed by atoms with van der Waals surface area (Å²) >= 11 is 0. The second-order valence-corrected chi connectivity index (χ2v) is 10.9. The van der Waals surface area contributed by atoms with Crippen LogP contribution in [-0.4, -0.2) is 30.7 Å². The normalized spacial score (nSPS) is 16.9. The van der Waals surface area contributed by atoms with Gasteiger partial charge in [-0.1, -0.05) is 119 Å². The summed E-state index contributed by atoms with van der Waals surface area (Å²) in [4.78, 5) is 0. The van der Waals surface area contributed by atoms with Crippen molar-refractivity contribution in [1.29, 1.82) is 0 Å². The van der Waals surface area contributed by atoms with Gasteiger partial charge < -0.3 is 22.5 Å². The molecule has 4 heteroatoms. The third-order valence-corrected chi connectivity index (χ3v) is 7.78. The fourth-order valence-corrected chi connectivity index (χ4v) is 5.52. The zero-order valence-corrected chi connectivity index (χ0v) is 22.5. The molecule has 0 spiro atoms. The molecule has 0 radical (unpaired) electrons. The summed E-state index contributed by atoms with van der Waals surface area (Å²) < 4.78 is 0. The molecule has 7 N–H and O–H groups in total. The Morgan fingerprint density at radius 3 is 1.53 bits per heavy atom. The van der Waals surface area contributed by atoms with Crippen LogP contribution in [0.15, 0.2) is 91.0 Å². The first-order valence-electron chi connectivity index (χ1n) is 13.4. The van der Waals surface area contributed by atoms with Gasteiger partial charge in [-0.2, -0.15) is 0 Å². The second-order valence-electron chi connectivity index (χ2n) is 10.9. The molecule has 0 bridgehead atoms. The van der Waals surface area contributed by atoms with Gasteiger partial charge >= 0.3 is 0 Å². The van der Waals surface area contributed by atoms with Crippen LogP contribution in [-0.2, 0) is 0 Å². The third-order valence-electron chi connectivity index (χ3n) is 7.78. The molecule has 194 valence electrons. The van der Waals surface area contributed by atoms with Crippen LogP contribution in [0.4, 0.5) is 0 Å². The predicted octanol–water partition coefficient (Wildman–Crippen LogP) is 5.25. The highest BCUT2D eigenvalue weighted by Gasteiger charge is 2.47. The fourth-order valence-electron chi connectivity index (χ4n) is 5.52. The lowest BCUT2D eigenvalue weighted by atomic mass is 9.66. The van der Waals surface area contributed by atoms with Gasteiger partial charge in [0.05, 0.1) is 5.54 Å². The first kappa shape index (κ1) is 28.1. The molecule has 3 aromatic carbocycles. The van der Waals surface area contributed by atoms with Gasteiger partial charge in [-0.15, -0.1) is 0 Å². The highest BCUT2D eigenvalue weighted by atomic mass is 15.1. The maximum absolute atomic E-state index is 7.44. The van der Waals surface area contributed by atoms with Crippen molar-refractivity contribution in [2.75, 3.05) is 13.1 Å². The number of nitrogens with one attached hydrogen (secondary N) is 1. The van der Waals surface area contributed by atoms with Crippen LogP contribution in [0.3, 0.4) is 0 Å². The van der Waals surface area contributed by atoms with Crippen LogP contribution >= 0.6 is 0 Å². The van der Waals surface area contributed by atoms with Crippen LogP contribution in [0, 0.1) is 11.8 Å². The van der Waals surface area contributed by atoms with E-state index in [9.17, 15) is 0 Å². The van der Waals surface area contributed by atoms with E-state index in [1.165, 1.54) is 16.7 Å². The summed E-state index contributed by atoms with van der Waals surface area (Å²) in [7, 11) is 0. The Hall–Kier alpha value is -2.50. The molecular formula is C32H46N4. The summed E-state index contributed by atoms with van der Waals surface area (Å²) in [5.41, 5.74) is 24.0. The Morgan fingerprint density at radius 1 is 0.667 bits per heavy atom. The molecule has 4 nitrogen and oxygen atoms in total. The zero-order chi connectivity index (χ0) is 26.1. The first-order valence-corrected chi connectivity index (χ1v) is 13.4. The summed E-state index contributed by atoms with van der Waals surface area (Å²) in [6, 6.07) is 31.4. The fraction of sp³-hybridized carbons (Fsp3) is 0.438. The molecule has 0 saturated heterocycles. The minimum Gasteiger partial charge on any atom is -0.330 e. The SMILES string of the molecule is CC(CN)CC(NCC(C)c1ccccc1)(C(N)C(C)C)C(N)C(c1ccccc1)c1ccccc1. The minimum absolute atomic E-state index is 0.0123. The van der Waals surface area contributed by atoms with Crippen LogP contribution in [0.5, 0.6) is 0 Å². The maximum atomic E-state index is 7.44. The average Bonchev–Trinajstić information content (AvgIpc) is 2.92. The molecule has 0 amide bonds. The lowest BCUT2D eigenvalue weighted by Gasteiger charge is -2.50. The molecule has 0 aliphatic heterocycles. The van der Waals surface area contributed by atoms with E-state index in [4.69, 9.17) is 17.2 Å². The molecule has 0 aliphatic carbocycles. The van der Waals surface area contributed by atoms with E-state index >= 15 is 0 Å². The van der Waals surface area contributed by atoms with Crippen molar-refractivity contribution in [2.45, 2.75) is 63.6 Å². The topological polar surface area (TPSA) is 90.1 Å². The number of benzene rings is 3. The number of nitrogens with two attached hydrogens (primary N) is 3. The molecular weight excluding hydrogens is 440 g/mol. The van der Waals surface area contributed by atoms with Crippen molar-refractivity contribution < 1.29 is 0 Å². The summed E-state index contributed by atoms with van der Waals surface area (Å²) in [6.45, 7) is 10.2. The molecule has 3 rings (SSSR count). The maximum Gasteiger partial charge on any atom is 0.0501 e. The Bertz CT molecular complexity index is 969. The number of rotatable bonds is 13. The van der Waals surface area contributed by atoms with Crippen molar-refractivity contribution >= 4 is 0 Å². The van der Waals surface area contributed by atoms with Gasteiger partial charge in [-0.05, 0) is 47.4 Å². The molecule has 0 aromatic heterocycles. The van der Waals surface area contributed by atoms with Gasteiger partial charge in [0.15, 0.2) is 0 Å². The van der Waals surface area contributed by atoms with E-state index in [1.54, 1.807) is 0 Å². The Kier molecular flexibility index (Phi) is 10.3. The molecule has 36 heavy (non-hydrogen) atoms. The average molecular weight is 487 g/mol. The number of hydrogen-bond acceptors (Lipinski definition) is 4. The minimum atomic E-state index is -0.521. The van der Waals surface area contributed by atoms with E-state index in [0.29, 0.717) is 12.5 Å². The van der Waals surface area contributed by atoms with Gasteiger partial charge in [0.25, 0.3) is 0 Å². The molecule has 3 aromatic rings. The van der Waals surface area contributed by atoms with Crippen molar-refractivity contribution in [2.24, 2.45) is 29.0 Å². The summed E-state index contributed by atoms with van der Waals surface area (Å²) in [5, 5.41) is 3.99. The summed E-state index contributed by atoms with van der Waals surface area (Å²) in [6.07, 6.45) is 0.807. The quantitative estimate of drug-likeness (QED) is 0.266.